The standard InChI is InChI=1S/C28H38N8O6S2/c1-20(29)22-4-6-23(7-5-22)26(37)34-12-14-35(15-13-34)27(38)24-16-21(19-33-8-10-36(11-9-33)28(30)31)17-25(18-24)44(41,42)32(2)43(3,39)40/h4-7,16-18,29H,8-15,19H2,1-3H3,(H3,30,31). The van der Waals surface area contributed by atoms with E-state index in [0.29, 0.717) is 53.3 Å². The molecule has 0 unspecified atom stereocenters. The summed E-state index contributed by atoms with van der Waals surface area (Å²) in [5, 5.41) is 15.4. The van der Waals surface area contributed by atoms with Crippen LogP contribution in [-0.2, 0) is 26.6 Å². The molecule has 2 aliphatic heterocycles. The summed E-state index contributed by atoms with van der Waals surface area (Å²) in [4.78, 5) is 33.4. The van der Waals surface area contributed by atoms with Gasteiger partial charge in [-0.3, -0.25) is 19.9 Å². The molecule has 2 amide bonds. The summed E-state index contributed by atoms with van der Waals surface area (Å²) in [6.07, 6.45) is 0.791. The zero-order chi connectivity index (χ0) is 32.4. The van der Waals surface area contributed by atoms with Crippen LogP contribution in [0.3, 0.4) is 0 Å². The summed E-state index contributed by atoms with van der Waals surface area (Å²) in [5.41, 5.74) is 7.81. The number of sulfonamides is 2. The Bertz CT molecular complexity index is 1660. The van der Waals surface area contributed by atoms with Gasteiger partial charge in [-0.25, -0.2) is 16.8 Å². The Morgan fingerprint density at radius 3 is 1.73 bits per heavy atom. The van der Waals surface area contributed by atoms with E-state index in [-0.39, 0.29) is 48.5 Å². The molecule has 2 fully saturated rings. The Morgan fingerprint density at radius 2 is 1.25 bits per heavy atom. The first-order valence-electron chi connectivity index (χ1n) is 14.0. The maximum absolute atomic E-state index is 13.7. The van der Waals surface area contributed by atoms with Crippen molar-refractivity contribution in [2.45, 2.75) is 18.4 Å². The summed E-state index contributed by atoms with van der Waals surface area (Å²) < 4.78 is 51.2. The number of hydrogen-bond acceptors (Lipinski definition) is 9. The van der Waals surface area contributed by atoms with Crippen molar-refractivity contribution >= 4 is 43.5 Å². The highest BCUT2D eigenvalue weighted by atomic mass is 32.3. The fourth-order valence-electron chi connectivity index (χ4n) is 5.10. The molecule has 14 nitrogen and oxygen atoms in total. The van der Waals surface area contributed by atoms with Gasteiger partial charge in [0.1, 0.15) is 0 Å². The highest BCUT2D eigenvalue weighted by molar-refractivity contribution is 8.03. The highest BCUT2D eigenvalue weighted by Crippen LogP contribution is 2.23. The minimum absolute atomic E-state index is 0.0213. The first kappa shape index (κ1) is 33.0. The van der Waals surface area contributed by atoms with E-state index < -0.39 is 26.0 Å². The summed E-state index contributed by atoms with van der Waals surface area (Å²) in [6, 6.07) is 11.0. The lowest BCUT2D eigenvalue weighted by Crippen LogP contribution is -2.50. The predicted octanol–water partition coefficient (Wildman–Crippen LogP) is 0.264. The lowest BCUT2D eigenvalue weighted by atomic mass is 10.1. The average molecular weight is 647 g/mol. The molecule has 2 saturated heterocycles. The van der Waals surface area contributed by atoms with Crippen LogP contribution in [0.15, 0.2) is 47.4 Å². The van der Waals surface area contributed by atoms with Gasteiger partial charge in [0.15, 0.2) is 5.96 Å². The van der Waals surface area contributed by atoms with Crippen molar-refractivity contribution in [2.75, 3.05) is 65.7 Å². The third-order valence-corrected chi connectivity index (χ3v) is 11.7. The van der Waals surface area contributed by atoms with E-state index in [1.807, 2.05) is 4.90 Å². The van der Waals surface area contributed by atoms with Crippen LogP contribution < -0.4 is 5.73 Å². The number of nitrogens with one attached hydrogen (secondary N) is 2. The molecule has 2 heterocycles. The maximum Gasteiger partial charge on any atom is 0.255 e. The quantitative estimate of drug-likeness (QED) is 0.267. The molecule has 0 spiro atoms. The summed E-state index contributed by atoms with van der Waals surface area (Å²) in [5.74, 6) is -0.632. The number of nitrogens with two attached hydrogens (primary N) is 1. The minimum Gasteiger partial charge on any atom is -0.370 e. The monoisotopic (exact) mass is 646 g/mol. The molecule has 0 aliphatic carbocycles. The van der Waals surface area contributed by atoms with Gasteiger partial charge in [0.2, 0.25) is 10.0 Å². The fourth-order valence-corrected chi connectivity index (χ4v) is 7.65. The van der Waals surface area contributed by atoms with E-state index in [0.717, 1.165) is 18.9 Å². The number of benzene rings is 2. The van der Waals surface area contributed by atoms with Gasteiger partial charge in [-0.15, -0.1) is 0 Å². The number of carbonyl (C=O) groups is 2. The third-order valence-electron chi connectivity index (χ3n) is 7.85. The molecular weight excluding hydrogens is 608 g/mol. The molecule has 0 atom stereocenters. The first-order chi connectivity index (χ1) is 20.6. The summed E-state index contributed by atoms with van der Waals surface area (Å²) in [6.45, 7) is 5.13. The number of amides is 2. The molecule has 0 aromatic heterocycles. The van der Waals surface area contributed by atoms with E-state index in [4.69, 9.17) is 16.6 Å². The van der Waals surface area contributed by atoms with Gasteiger partial charge in [0, 0.05) is 82.8 Å². The van der Waals surface area contributed by atoms with Crippen molar-refractivity contribution in [2.24, 2.45) is 5.73 Å². The van der Waals surface area contributed by atoms with E-state index in [9.17, 15) is 26.4 Å². The van der Waals surface area contributed by atoms with E-state index in [1.165, 1.54) is 12.1 Å². The van der Waals surface area contributed by atoms with Crippen LogP contribution in [0.5, 0.6) is 0 Å². The van der Waals surface area contributed by atoms with Crippen molar-refractivity contribution < 1.29 is 26.4 Å². The molecule has 0 bridgehead atoms. The fraction of sp³-hybridized carbons (Fsp3) is 0.429. The van der Waals surface area contributed by atoms with Gasteiger partial charge >= 0.3 is 0 Å². The minimum atomic E-state index is -4.49. The maximum atomic E-state index is 13.7. The van der Waals surface area contributed by atoms with Crippen LogP contribution in [0.2, 0.25) is 0 Å². The topological polar surface area (TPSA) is 192 Å². The Hall–Kier alpha value is -3.86. The second-order valence-corrected chi connectivity index (χ2v) is 15.2. The summed E-state index contributed by atoms with van der Waals surface area (Å²) >= 11 is 0. The lowest BCUT2D eigenvalue weighted by Gasteiger charge is -2.35. The van der Waals surface area contributed by atoms with Crippen molar-refractivity contribution in [3.63, 3.8) is 0 Å². The van der Waals surface area contributed by atoms with E-state index in [1.54, 1.807) is 52.0 Å². The van der Waals surface area contributed by atoms with Gasteiger partial charge in [0.25, 0.3) is 21.8 Å². The molecule has 0 saturated carbocycles. The van der Waals surface area contributed by atoms with Crippen molar-refractivity contribution in [3.05, 3.63) is 64.7 Å². The SMILES string of the molecule is CC(=N)c1ccc(C(=O)N2CCN(C(=O)c3cc(CN4CCN(C(=N)N)CC4)cc(S(=O)(=O)N(C)S(C)(=O)=O)c3)CC2)cc1. The Labute approximate surface area is 258 Å². The van der Waals surface area contributed by atoms with Crippen LogP contribution in [0.1, 0.15) is 38.8 Å². The number of guanidine groups is 1. The normalized spacial score (nSPS) is 16.7. The second-order valence-electron chi connectivity index (χ2n) is 10.9. The number of hydrogen-bond donors (Lipinski definition) is 3. The average Bonchev–Trinajstić information content (AvgIpc) is 2.99. The molecule has 0 radical (unpaired) electrons. The van der Waals surface area contributed by atoms with Crippen molar-refractivity contribution in [1.29, 1.82) is 10.8 Å². The second kappa shape index (κ2) is 13.0. The van der Waals surface area contributed by atoms with Gasteiger partial charge < -0.3 is 25.8 Å². The largest absolute Gasteiger partial charge is 0.370 e. The Morgan fingerprint density at radius 1 is 0.773 bits per heavy atom. The van der Waals surface area contributed by atoms with Gasteiger partial charge in [0.05, 0.1) is 11.2 Å². The number of rotatable bonds is 8. The molecule has 4 rings (SSSR count). The van der Waals surface area contributed by atoms with Crippen LogP contribution in [-0.4, -0.2) is 129 Å². The van der Waals surface area contributed by atoms with Crippen LogP contribution in [0.25, 0.3) is 0 Å². The molecular formula is C28H38N8O6S2. The van der Waals surface area contributed by atoms with E-state index in [2.05, 4.69) is 0 Å². The van der Waals surface area contributed by atoms with E-state index >= 15 is 0 Å². The van der Waals surface area contributed by atoms with Gasteiger partial charge in [-0.2, -0.15) is 0 Å². The van der Waals surface area contributed by atoms with Crippen LogP contribution >= 0.6 is 0 Å². The molecule has 44 heavy (non-hydrogen) atoms. The Kier molecular flexibility index (Phi) is 9.77. The first-order valence-corrected chi connectivity index (χ1v) is 17.3. The lowest BCUT2D eigenvalue weighted by molar-refractivity contribution is 0.0535. The summed E-state index contributed by atoms with van der Waals surface area (Å²) in [7, 11) is -7.64. The predicted molar refractivity (Wildman–Crippen MR) is 166 cm³/mol. The van der Waals surface area contributed by atoms with Crippen molar-refractivity contribution in [1.82, 2.24) is 23.3 Å². The van der Waals surface area contributed by atoms with Crippen LogP contribution in [0, 0.1) is 10.8 Å². The van der Waals surface area contributed by atoms with Gasteiger partial charge in [-0.05, 0) is 48.4 Å². The van der Waals surface area contributed by atoms with Crippen LogP contribution in [0.4, 0.5) is 0 Å². The molecule has 4 N–H and O–H groups in total. The molecule has 2 aliphatic rings. The van der Waals surface area contributed by atoms with Gasteiger partial charge in [-0.1, -0.05) is 15.8 Å². The molecule has 238 valence electrons. The molecule has 2 aromatic carbocycles. The highest BCUT2D eigenvalue weighted by Gasteiger charge is 2.31. The Balaban J connectivity index is 1.54. The third kappa shape index (κ3) is 7.43. The number of carbonyl (C=O) groups excluding carboxylic acids is 2. The number of nitrogens with zero attached hydrogens (tertiary/aromatic N) is 5. The molecule has 16 heteroatoms. The smallest absolute Gasteiger partial charge is 0.255 e. The zero-order valence-corrected chi connectivity index (χ0v) is 26.6. The zero-order valence-electron chi connectivity index (χ0n) is 25.0. The molecule has 2 aromatic rings. The van der Waals surface area contributed by atoms with Crippen molar-refractivity contribution in [3.8, 4) is 0 Å². The number of piperazine rings is 2.